The van der Waals surface area contributed by atoms with Gasteiger partial charge in [-0.05, 0) is 36.4 Å². The first kappa shape index (κ1) is 19.1. The molecule has 0 spiro atoms. The second-order valence-electron chi connectivity index (χ2n) is 5.62. The van der Waals surface area contributed by atoms with Crippen LogP contribution < -0.4 is 15.0 Å². The molecule has 0 unspecified atom stereocenters. The van der Waals surface area contributed by atoms with Crippen LogP contribution in [0.25, 0.3) is 6.08 Å². The Hall–Kier alpha value is -3.72. The van der Waals surface area contributed by atoms with Gasteiger partial charge in [0.25, 0.3) is 17.5 Å². The fraction of sp³-hybridized carbons (Fsp3) is 0.0556. The summed E-state index contributed by atoms with van der Waals surface area (Å²) < 4.78 is 5.13. The Kier molecular flexibility index (Phi) is 5.10. The molecule has 0 aromatic heterocycles. The van der Waals surface area contributed by atoms with E-state index in [0.29, 0.717) is 5.02 Å². The van der Waals surface area contributed by atoms with Gasteiger partial charge in [0.05, 0.1) is 17.7 Å². The number of hydrogen-bond donors (Lipinski definition) is 1. The zero-order valence-electron chi connectivity index (χ0n) is 14.3. The Bertz CT molecular complexity index is 1030. The number of hydrogen-bond acceptors (Lipinski definition) is 6. The largest absolute Gasteiger partial charge is 0.496 e. The minimum Gasteiger partial charge on any atom is -0.496 e. The summed E-state index contributed by atoms with van der Waals surface area (Å²) in [5, 5.41) is 13.5. The van der Waals surface area contributed by atoms with E-state index < -0.39 is 22.8 Å². The molecule has 10 heteroatoms. The van der Waals surface area contributed by atoms with E-state index >= 15 is 0 Å². The average Bonchev–Trinajstić information content (AvgIpc) is 2.66. The number of halogens is 1. The molecule has 2 aromatic rings. The second-order valence-corrected chi connectivity index (χ2v) is 6.05. The van der Waals surface area contributed by atoms with Crippen molar-refractivity contribution in [2.45, 2.75) is 0 Å². The van der Waals surface area contributed by atoms with Crippen LogP contribution in [-0.2, 0) is 9.59 Å². The zero-order valence-corrected chi connectivity index (χ0v) is 15.1. The number of imide groups is 2. The van der Waals surface area contributed by atoms with Crippen LogP contribution in [0.3, 0.4) is 0 Å². The quantitative estimate of drug-likeness (QED) is 0.364. The molecule has 1 aliphatic heterocycles. The molecule has 0 radical (unpaired) electrons. The van der Waals surface area contributed by atoms with E-state index in [1.54, 1.807) is 0 Å². The Morgan fingerprint density at radius 3 is 2.43 bits per heavy atom. The van der Waals surface area contributed by atoms with Crippen LogP contribution in [0.2, 0.25) is 5.02 Å². The predicted octanol–water partition coefficient (Wildman–Crippen LogP) is 2.92. The van der Waals surface area contributed by atoms with Crippen LogP contribution in [0.5, 0.6) is 5.75 Å². The van der Waals surface area contributed by atoms with E-state index in [4.69, 9.17) is 16.3 Å². The van der Waals surface area contributed by atoms with Crippen LogP contribution in [0.4, 0.5) is 16.2 Å². The van der Waals surface area contributed by atoms with E-state index in [1.165, 1.54) is 43.5 Å². The molecule has 0 aliphatic carbocycles. The van der Waals surface area contributed by atoms with Crippen LogP contribution in [0.15, 0.2) is 48.0 Å². The Morgan fingerprint density at radius 1 is 1.14 bits per heavy atom. The van der Waals surface area contributed by atoms with Gasteiger partial charge < -0.3 is 4.74 Å². The summed E-state index contributed by atoms with van der Waals surface area (Å²) in [5.74, 6) is -1.59. The molecule has 1 fully saturated rings. The highest BCUT2D eigenvalue weighted by atomic mass is 35.5. The first-order valence-electron chi connectivity index (χ1n) is 7.81. The lowest BCUT2D eigenvalue weighted by Crippen LogP contribution is -2.54. The van der Waals surface area contributed by atoms with Gasteiger partial charge in [0.1, 0.15) is 11.3 Å². The van der Waals surface area contributed by atoms with Gasteiger partial charge in [-0.3, -0.25) is 25.0 Å². The van der Waals surface area contributed by atoms with E-state index in [0.717, 1.165) is 17.0 Å². The molecule has 1 heterocycles. The molecular weight excluding hydrogens is 390 g/mol. The molecule has 3 rings (SSSR count). The molecule has 4 amide bonds. The molecule has 1 N–H and O–H groups in total. The predicted molar refractivity (Wildman–Crippen MR) is 100 cm³/mol. The number of anilines is 1. The van der Waals surface area contributed by atoms with Crippen molar-refractivity contribution in [2.75, 3.05) is 12.0 Å². The number of amides is 4. The van der Waals surface area contributed by atoms with Crippen molar-refractivity contribution in [3.05, 3.63) is 68.7 Å². The SMILES string of the molecule is COc1ccc([N+](=O)[O-])cc1/C=C1/C(=O)NC(=O)N(c2ccc(Cl)cc2)C1=O. The fourth-order valence-corrected chi connectivity index (χ4v) is 2.71. The molecule has 1 saturated heterocycles. The van der Waals surface area contributed by atoms with Gasteiger partial charge in [-0.15, -0.1) is 0 Å². The lowest BCUT2D eigenvalue weighted by atomic mass is 10.1. The van der Waals surface area contributed by atoms with Gasteiger partial charge >= 0.3 is 6.03 Å². The molecule has 2 aromatic carbocycles. The van der Waals surface area contributed by atoms with E-state index in [1.807, 2.05) is 0 Å². The van der Waals surface area contributed by atoms with Crippen molar-refractivity contribution >= 4 is 46.9 Å². The minimum absolute atomic E-state index is 0.139. The number of carbonyl (C=O) groups excluding carboxylic acids is 3. The lowest BCUT2D eigenvalue weighted by Gasteiger charge is -2.26. The second kappa shape index (κ2) is 7.49. The van der Waals surface area contributed by atoms with Gasteiger partial charge in [0, 0.05) is 22.7 Å². The minimum atomic E-state index is -0.922. The number of barbiturate groups is 1. The van der Waals surface area contributed by atoms with Gasteiger partial charge in [-0.2, -0.15) is 0 Å². The maximum Gasteiger partial charge on any atom is 0.335 e. The van der Waals surface area contributed by atoms with Gasteiger partial charge in [-0.25, -0.2) is 9.69 Å². The maximum atomic E-state index is 12.8. The molecule has 1 aliphatic rings. The topological polar surface area (TPSA) is 119 Å². The summed E-state index contributed by atoms with van der Waals surface area (Å²) in [6, 6.07) is 8.69. The van der Waals surface area contributed by atoms with Crippen molar-refractivity contribution in [1.29, 1.82) is 0 Å². The van der Waals surface area contributed by atoms with E-state index in [-0.39, 0.29) is 28.3 Å². The molecule has 0 saturated carbocycles. The maximum absolute atomic E-state index is 12.8. The molecule has 28 heavy (non-hydrogen) atoms. The standard InChI is InChI=1S/C18H12ClN3O6/c1-28-15-7-6-13(22(26)27)8-10(15)9-14-16(23)20-18(25)21(17(14)24)12-4-2-11(19)3-5-12/h2-9H,1H3,(H,20,23,25)/b14-9-. The number of urea groups is 1. The van der Waals surface area contributed by atoms with Crippen molar-refractivity contribution in [2.24, 2.45) is 0 Å². The van der Waals surface area contributed by atoms with Gasteiger partial charge in [0.15, 0.2) is 0 Å². The number of nitro groups is 1. The van der Waals surface area contributed by atoms with Gasteiger partial charge in [0.2, 0.25) is 0 Å². The highest BCUT2D eigenvalue weighted by molar-refractivity contribution is 6.39. The number of nitrogens with one attached hydrogen (secondary N) is 1. The number of nitro benzene ring substituents is 1. The first-order valence-corrected chi connectivity index (χ1v) is 8.19. The molecule has 0 bridgehead atoms. The summed E-state index contributed by atoms with van der Waals surface area (Å²) in [6.45, 7) is 0. The van der Waals surface area contributed by atoms with Crippen LogP contribution >= 0.6 is 11.6 Å². The molecule has 142 valence electrons. The Balaban J connectivity index is 2.08. The number of rotatable bonds is 4. The number of non-ortho nitro benzene ring substituents is 1. The normalized spacial score (nSPS) is 15.6. The third-order valence-corrected chi connectivity index (χ3v) is 4.16. The Morgan fingerprint density at radius 2 is 1.82 bits per heavy atom. The summed E-state index contributed by atoms with van der Waals surface area (Å²) >= 11 is 5.82. The number of nitrogens with zero attached hydrogens (tertiary/aromatic N) is 2. The number of ether oxygens (including phenoxy) is 1. The third-order valence-electron chi connectivity index (χ3n) is 3.91. The lowest BCUT2D eigenvalue weighted by molar-refractivity contribution is -0.384. The first-order chi connectivity index (χ1) is 13.3. The molecule has 0 atom stereocenters. The number of benzene rings is 2. The van der Waals surface area contributed by atoms with Crippen LogP contribution in [0, 0.1) is 10.1 Å². The van der Waals surface area contributed by atoms with Crippen molar-refractivity contribution in [3.63, 3.8) is 0 Å². The zero-order chi connectivity index (χ0) is 20.4. The van der Waals surface area contributed by atoms with Crippen molar-refractivity contribution in [3.8, 4) is 5.75 Å². The van der Waals surface area contributed by atoms with E-state index in [9.17, 15) is 24.5 Å². The fourth-order valence-electron chi connectivity index (χ4n) is 2.59. The van der Waals surface area contributed by atoms with E-state index in [2.05, 4.69) is 5.32 Å². The smallest absolute Gasteiger partial charge is 0.335 e. The van der Waals surface area contributed by atoms with Gasteiger partial charge in [-0.1, -0.05) is 11.6 Å². The van der Waals surface area contributed by atoms with Crippen molar-refractivity contribution in [1.82, 2.24) is 5.32 Å². The van der Waals surface area contributed by atoms with Crippen LogP contribution in [0.1, 0.15) is 5.56 Å². The van der Waals surface area contributed by atoms with Crippen molar-refractivity contribution < 1.29 is 24.0 Å². The van der Waals surface area contributed by atoms with Crippen LogP contribution in [-0.4, -0.2) is 29.9 Å². The average molecular weight is 402 g/mol. The highest BCUT2D eigenvalue weighted by Gasteiger charge is 2.37. The molecular formula is C18H12ClN3O6. The summed E-state index contributed by atoms with van der Waals surface area (Å²) in [7, 11) is 1.34. The summed E-state index contributed by atoms with van der Waals surface area (Å²) in [6.07, 6.45) is 1.14. The highest BCUT2D eigenvalue weighted by Crippen LogP contribution is 2.28. The monoisotopic (exact) mass is 401 g/mol. The molecule has 9 nitrogen and oxygen atoms in total. The summed E-state index contributed by atoms with van der Waals surface area (Å²) in [5.41, 5.74) is -0.285. The third kappa shape index (κ3) is 3.55. The summed E-state index contributed by atoms with van der Waals surface area (Å²) in [4.78, 5) is 48.4. The number of carbonyl (C=O) groups is 3. The number of methoxy groups -OCH3 is 1. The Labute approximate surface area is 163 Å².